The minimum absolute atomic E-state index is 0.0968. The summed E-state index contributed by atoms with van der Waals surface area (Å²) < 4.78 is 31.5. The summed E-state index contributed by atoms with van der Waals surface area (Å²) in [5, 5.41) is 2.93. The van der Waals surface area contributed by atoms with Crippen molar-refractivity contribution in [3.63, 3.8) is 0 Å². The smallest absolute Gasteiger partial charge is 0.257 e. The van der Waals surface area contributed by atoms with Crippen LogP contribution in [0, 0.1) is 0 Å². The molecule has 0 saturated heterocycles. The summed E-state index contributed by atoms with van der Waals surface area (Å²) in [6.45, 7) is 0.127. The standard InChI is InChI=1S/C22H25N3O4S/c1-29-14-15-30(27,28)18-12-10-16(11-13-18)21(26)24-22-23-19-8-4-5-9-20(19)25(22)17-6-2-3-7-17/h4-5,8-13,17H,2-3,6-7,14-15H2,1H3,(H,23,24,26). The molecule has 2 aromatic carbocycles. The number of rotatable bonds is 7. The summed E-state index contributed by atoms with van der Waals surface area (Å²) in [7, 11) is -1.97. The van der Waals surface area contributed by atoms with Gasteiger partial charge in [-0.2, -0.15) is 0 Å². The molecule has 7 nitrogen and oxygen atoms in total. The van der Waals surface area contributed by atoms with Crippen LogP contribution in [0.25, 0.3) is 11.0 Å². The molecule has 30 heavy (non-hydrogen) atoms. The van der Waals surface area contributed by atoms with Gasteiger partial charge in [0.2, 0.25) is 5.95 Å². The summed E-state index contributed by atoms with van der Waals surface area (Å²) in [5.41, 5.74) is 2.24. The third kappa shape index (κ3) is 4.11. The van der Waals surface area contributed by atoms with E-state index in [0.29, 0.717) is 17.6 Å². The molecule has 1 heterocycles. The van der Waals surface area contributed by atoms with Crippen molar-refractivity contribution in [3.05, 3.63) is 54.1 Å². The van der Waals surface area contributed by atoms with E-state index < -0.39 is 9.84 Å². The van der Waals surface area contributed by atoms with Gasteiger partial charge in [-0.1, -0.05) is 25.0 Å². The van der Waals surface area contributed by atoms with Crippen LogP contribution in [0.15, 0.2) is 53.4 Å². The molecule has 0 aliphatic heterocycles. The highest BCUT2D eigenvalue weighted by atomic mass is 32.2. The summed E-state index contributed by atoms with van der Waals surface area (Å²) in [6.07, 6.45) is 4.47. The van der Waals surface area contributed by atoms with Gasteiger partial charge < -0.3 is 9.30 Å². The van der Waals surface area contributed by atoms with Gasteiger partial charge in [0, 0.05) is 18.7 Å². The van der Waals surface area contributed by atoms with E-state index in [-0.39, 0.29) is 23.2 Å². The maximum atomic E-state index is 12.9. The zero-order valence-corrected chi connectivity index (χ0v) is 17.7. The van der Waals surface area contributed by atoms with Crippen molar-refractivity contribution in [3.8, 4) is 0 Å². The highest BCUT2D eigenvalue weighted by molar-refractivity contribution is 7.91. The van der Waals surface area contributed by atoms with Gasteiger partial charge in [0.15, 0.2) is 9.84 Å². The van der Waals surface area contributed by atoms with Gasteiger partial charge >= 0.3 is 0 Å². The van der Waals surface area contributed by atoms with Gasteiger partial charge in [-0.25, -0.2) is 13.4 Å². The number of sulfone groups is 1. The molecule has 1 N–H and O–H groups in total. The lowest BCUT2D eigenvalue weighted by molar-refractivity contribution is 0.102. The number of carbonyl (C=O) groups is 1. The SMILES string of the molecule is COCCS(=O)(=O)c1ccc(C(=O)Nc2nc3ccccc3n2C2CCCC2)cc1. The first-order valence-electron chi connectivity index (χ1n) is 10.1. The van der Waals surface area contributed by atoms with Crippen LogP contribution in [0.2, 0.25) is 0 Å². The molecule has 1 aromatic heterocycles. The summed E-state index contributed by atoms with van der Waals surface area (Å²) in [5.74, 6) is 0.121. The van der Waals surface area contributed by atoms with Crippen LogP contribution in [0.1, 0.15) is 42.1 Å². The van der Waals surface area contributed by atoms with Crippen LogP contribution in [-0.2, 0) is 14.6 Å². The van der Waals surface area contributed by atoms with Gasteiger partial charge in [-0.15, -0.1) is 0 Å². The van der Waals surface area contributed by atoms with Crippen molar-refractivity contribution in [2.45, 2.75) is 36.6 Å². The Kier molecular flexibility index (Phi) is 5.87. The first kappa shape index (κ1) is 20.6. The lowest BCUT2D eigenvalue weighted by Crippen LogP contribution is -2.18. The topological polar surface area (TPSA) is 90.3 Å². The zero-order valence-electron chi connectivity index (χ0n) is 16.9. The molecular formula is C22H25N3O4S. The summed E-state index contributed by atoms with van der Waals surface area (Å²) in [6, 6.07) is 14.2. The van der Waals surface area contributed by atoms with Crippen LogP contribution in [0.4, 0.5) is 5.95 Å². The largest absolute Gasteiger partial charge is 0.384 e. The summed E-state index contributed by atoms with van der Waals surface area (Å²) >= 11 is 0. The molecule has 1 aliphatic carbocycles. The molecule has 1 amide bonds. The highest BCUT2D eigenvalue weighted by Gasteiger charge is 2.24. The number of nitrogens with zero attached hydrogens (tertiary/aromatic N) is 2. The molecule has 1 fully saturated rings. The third-order valence-corrected chi connectivity index (χ3v) is 7.24. The van der Waals surface area contributed by atoms with Crippen LogP contribution >= 0.6 is 0 Å². The zero-order chi connectivity index (χ0) is 21.1. The number of anilines is 1. The molecule has 0 atom stereocenters. The number of nitrogens with one attached hydrogen (secondary N) is 1. The number of hydrogen-bond donors (Lipinski definition) is 1. The first-order valence-corrected chi connectivity index (χ1v) is 11.7. The highest BCUT2D eigenvalue weighted by Crippen LogP contribution is 2.35. The van der Waals surface area contributed by atoms with E-state index in [1.807, 2.05) is 24.3 Å². The Morgan fingerprint density at radius 3 is 2.53 bits per heavy atom. The fourth-order valence-corrected chi connectivity index (χ4v) is 5.14. The minimum Gasteiger partial charge on any atom is -0.384 e. The monoisotopic (exact) mass is 427 g/mol. The Hall–Kier alpha value is -2.71. The van der Waals surface area contributed by atoms with Crippen LogP contribution in [0.3, 0.4) is 0 Å². The number of imidazole rings is 1. The maximum absolute atomic E-state index is 12.9. The van der Waals surface area contributed by atoms with Crippen molar-refractivity contribution < 1.29 is 17.9 Å². The predicted molar refractivity (Wildman–Crippen MR) is 116 cm³/mol. The molecule has 158 valence electrons. The number of para-hydroxylation sites is 2. The second-order valence-electron chi connectivity index (χ2n) is 7.52. The van der Waals surface area contributed by atoms with E-state index in [1.54, 1.807) is 0 Å². The van der Waals surface area contributed by atoms with Gasteiger partial charge in [-0.3, -0.25) is 10.1 Å². The molecule has 8 heteroatoms. The molecule has 1 aliphatic rings. The second kappa shape index (κ2) is 8.57. The number of ether oxygens (including phenoxy) is 1. The van der Waals surface area contributed by atoms with Crippen molar-refractivity contribution in [2.24, 2.45) is 0 Å². The Bertz CT molecular complexity index is 1150. The fraction of sp³-hybridized carbons (Fsp3) is 0.364. The normalized spacial score (nSPS) is 15.0. The van der Waals surface area contributed by atoms with E-state index >= 15 is 0 Å². The second-order valence-corrected chi connectivity index (χ2v) is 9.63. The number of carbonyl (C=O) groups excluding carboxylic acids is 1. The van der Waals surface area contributed by atoms with Gasteiger partial charge in [-0.05, 0) is 49.2 Å². The molecular weight excluding hydrogens is 402 g/mol. The average molecular weight is 428 g/mol. The minimum atomic E-state index is -3.43. The van der Waals surface area contributed by atoms with Crippen LogP contribution < -0.4 is 5.32 Å². The summed E-state index contributed by atoms with van der Waals surface area (Å²) in [4.78, 5) is 17.7. The lowest BCUT2D eigenvalue weighted by Gasteiger charge is -2.16. The Balaban J connectivity index is 1.58. The number of benzene rings is 2. The van der Waals surface area contributed by atoms with Crippen LogP contribution in [-0.4, -0.2) is 43.3 Å². The quantitative estimate of drug-likeness (QED) is 0.619. The molecule has 3 aromatic rings. The number of fused-ring (bicyclic) bond motifs is 1. The van der Waals surface area contributed by atoms with E-state index in [4.69, 9.17) is 4.74 Å². The van der Waals surface area contributed by atoms with Gasteiger partial charge in [0.25, 0.3) is 5.91 Å². The Morgan fingerprint density at radius 1 is 1.13 bits per heavy atom. The molecule has 0 spiro atoms. The van der Waals surface area contributed by atoms with Crippen molar-refractivity contribution in [2.75, 3.05) is 24.8 Å². The fourth-order valence-electron chi connectivity index (χ4n) is 3.96. The Labute approximate surface area is 176 Å². The van der Waals surface area contributed by atoms with Crippen molar-refractivity contribution in [1.82, 2.24) is 9.55 Å². The molecule has 0 bridgehead atoms. The number of hydrogen-bond acceptors (Lipinski definition) is 5. The first-order chi connectivity index (χ1) is 14.5. The number of methoxy groups -OCH3 is 1. The lowest BCUT2D eigenvalue weighted by atomic mass is 10.2. The van der Waals surface area contributed by atoms with E-state index in [2.05, 4.69) is 14.9 Å². The van der Waals surface area contributed by atoms with E-state index in [0.717, 1.165) is 23.9 Å². The predicted octanol–water partition coefficient (Wildman–Crippen LogP) is 3.82. The van der Waals surface area contributed by atoms with Crippen molar-refractivity contribution in [1.29, 1.82) is 0 Å². The third-order valence-electron chi connectivity index (χ3n) is 5.54. The number of amides is 1. The van der Waals surface area contributed by atoms with Crippen molar-refractivity contribution >= 4 is 32.7 Å². The molecule has 0 unspecified atom stereocenters. The molecule has 1 saturated carbocycles. The van der Waals surface area contributed by atoms with Crippen LogP contribution in [0.5, 0.6) is 0 Å². The Morgan fingerprint density at radius 2 is 1.83 bits per heavy atom. The van der Waals surface area contributed by atoms with E-state index in [1.165, 1.54) is 44.2 Å². The number of aromatic nitrogens is 2. The average Bonchev–Trinajstić information content (AvgIpc) is 3.39. The van der Waals surface area contributed by atoms with Gasteiger partial charge in [0.05, 0.1) is 28.3 Å². The maximum Gasteiger partial charge on any atom is 0.257 e. The van der Waals surface area contributed by atoms with Gasteiger partial charge in [0.1, 0.15) is 0 Å². The molecule has 0 radical (unpaired) electrons. The van der Waals surface area contributed by atoms with E-state index in [9.17, 15) is 13.2 Å². The molecule has 4 rings (SSSR count).